The van der Waals surface area contributed by atoms with Gasteiger partial charge in [-0.1, -0.05) is 30.3 Å². The van der Waals surface area contributed by atoms with Crippen LogP contribution >= 0.6 is 0 Å². The molecule has 18 heavy (non-hydrogen) atoms. The van der Waals surface area contributed by atoms with E-state index in [1.165, 1.54) is 6.42 Å². The molecule has 0 bridgehead atoms. The highest BCUT2D eigenvalue weighted by Crippen LogP contribution is 2.19. The number of rotatable bonds is 2. The first-order valence-corrected chi connectivity index (χ1v) is 6.73. The maximum absolute atomic E-state index is 12.4. The highest BCUT2D eigenvalue weighted by Gasteiger charge is 2.23. The van der Waals surface area contributed by atoms with Crippen molar-refractivity contribution < 1.29 is 4.79 Å². The van der Waals surface area contributed by atoms with Crippen molar-refractivity contribution in [3.05, 3.63) is 41.5 Å². The molecular weight excluding hydrogens is 222 g/mol. The van der Waals surface area contributed by atoms with Crippen LogP contribution in [-0.2, 0) is 4.79 Å². The number of hydrogen-bond donors (Lipinski definition) is 0. The normalized spacial score (nSPS) is 20.9. The minimum Gasteiger partial charge on any atom is -0.336 e. The summed E-state index contributed by atoms with van der Waals surface area (Å²) in [5, 5.41) is 0. The van der Waals surface area contributed by atoms with E-state index in [0.29, 0.717) is 6.04 Å². The third-order valence-corrected chi connectivity index (χ3v) is 3.58. The van der Waals surface area contributed by atoms with Crippen molar-refractivity contribution in [3.63, 3.8) is 0 Å². The van der Waals surface area contributed by atoms with E-state index in [1.807, 2.05) is 48.2 Å². The van der Waals surface area contributed by atoms with Crippen LogP contribution in [0.25, 0.3) is 6.08 Å². The number of carbonyl (C=O) groups excluding carboxylic acids is 1. The fraction of sp³-hybridized carbons (Fsp3) is 0.438. The molecule has 1 amide bonds. The molecule has 0 saturated carbocycles. The lowest BCUT2D eigenvalue weighted by molar-refractivity contribution is -0.130. The Hall–Kier alpha value is -1.57. The van der Waals surface area contributed by atoms with Gasteiger partial charge in [0, 0.05) is 18.2 Å². The molecule has 1 unspecified atom stereocenters. The van der Waals surface area contributed by atoms with Gasteiger partial charge in [0.25, 0.3) is 0 Å². The first kappa shape index (κ1) is 12.9. The third kappa shape index (κ3) is 3.00. The molecule has 2 nitrogen and oxygen atoms in total. The SMILES string of the molecule is CC(=Cc1ccccc1)C(=O)N1CCCCC1C. The van der Waals surface area contributed by atoms with Gasteiger partial charge in [0.2, 0.25) is 5.91 Å². The average Bonchev–Trinajstić information content (AvgIpc) is 2.39. The van der Waals surface area contributed by atoms with Crippen LogP contribution < -0.4 is 0 Å². The molecule has 2 rings (SSSR count). The molecule has 0 spiro atoms. The summed E-state index contributed by atoms with van der Waals surface area (Å²) in [7, 11) is 0. The second kappa shape index (κ2) is 5.85. The summed E-state index contributed by atoms with van der Waals surface area (Å²) >= 11 is 0. The number of hydrogen-bond acceptors (Lipinski definition) is 1. The lowest BCUT2D eigenvalue weighted by Gasteiger charge is -2.33. The Morgan fingerprint density at radius 3 is 2.67 bits per heavy atom. The summed E-state index contributed by atoms with van der Waals surface area (Å²) in [6.07, 6.45) is 5.48. The summed E-state index contributed by atoms with van der Waals surface area (Å²) < 4.78 is 0. The molecule has 1 fully saturated rings. The Morgan fingerprint density at radius 2 is 2.00 bits per heavy atom. The van der Waals surface area contributed by atoms with Gasteiger partial charge in [0.15, 0.2) is 0 Å². The van der Waals surface area contributed by atoms with Crippen molar-refractivity contribution in [1.29, 1.82) is 0 Å². The van der Waals surface area contributed by atoms with E-state index < -0.39 is 0 Å². The highest BCUT2D eigenvalue weighted by molar-refractivity contribution is 5.97. The number of piperidine rings is 1. The average molecular weight is 243 g/mol. The predicted octanol–water partition coefficient (Wildman–Crippen LogP) is 3.49. The molecule has 0 radical (unpaired) electrons. The number of likely N-dealkylation sites (tertiary alicyclic amines) is 1. The van der Waals surface area contributed by atoms with E-state index in [1.54, 1.807) is 0 Å². The molecule has 1 aromatic carbocycles. The summed E-state index contributed by atoms with van der Waals surface area (Å²) in [5.41, 5.74) is 1.92. The van der Waals surface area contributed by atoms with Crippen molar-refractivity contribution in [1.82, 2.24) is 4.90 Å². The van der Waals surface area contributed by atoms with E-state index in [-0.39, 0.29) is 5.91 Å². The first-order valence-electron chi connectivity index (χ1n) is 6.73. The molecule has 0 N–H and O–H groups in total. The van der Waals surface area contributed by atoms with Gasteiger partial charge in [0.1, 0.15) is 0 Å². The maximum Gasteiger partial charge on any atom is 0.249 e. The van der Waals surface area contributed by atoms with Gasteiger partial charge < -0.3 is 4.90 Å². The Labute approximate surface area is 109 Å². The zero-order valence-corrected chi connectivity index (χ0v) is 11.2. The lowest BCUT2D eigenvalue weighted by atomic mass is 10.0. The lowest BCUT2D eigenvalue weighted by Crippen LogP contribution is -2.42. The van der Waals surface area contributed by atoms with Crippen LogP contribution in [-0.4, -0.2) is 23.4 Å². The Kier molecular flexibility index (Phi) is 4.19. The van der Waals surface area contributed by atoms with Crippen molar-refractivity contribution in [3.8, 4) is 0 Å². The van der Waals surface area contributed by atoms with E-state index in [9.17, 15) is 4.79 Å². The van der Waals surface area contributed by atoms with E-state index in [0.717, 1.165) is 30.5 Å². The van der Waals surface area contributed by atoms with Crippen molar-refractivity contribution >= 4 is 12.0 Å². The fourth-order valence-corrected chi connectivity index (χ4v) is 2.49. The molecule has 2 heteroatoms. The number of benzene rings is 1. The van der Waals surface area contributed by atoms with Crippen LogP contribution in [0.2, 0.25) is 0 Å². The number of carbonyl (C=O) groups is 1. The molecule has 0 aromatic heterocycles. The summed E-state index contributed by atoms with van der Waals surface area (Å²) in [6.45, 7) is 4.96. The van der Waals surface area contributed by atoms with E-state index >= 15 is 0 Å². The molecule has 1 atom stereocenters. The fourth-order valence-electron chi connectivity index (χ4n) is 2.49. The van der Waals surface area contributed by atoms with E-state index in [2.05, 4.69) is 6.92 Å². The second-order valence-corrected chi connectivity index (χ2v) is 5.08. The second-order valence-electron chi connectivity index (χ2n) is 5.08. The minimum atomic E-state index is 0.186. The molecule has 1 saturated heterocycles. The molecule has 1 aliphatic rings. The quantitative estimate of drug-likeness (QED) is 0.728. The van der Waals surface area contributed by atoms with Gasteiger partial charge in [-0.15, -0.1) is 0 Å². The summed E-state index contributed by atoms with van der Waals surface area (Å²) in [5.74, 6) is 0.186. The van der Waals surface area contributed by atoms with Crippen LogP contribution in [0.5, 0.6) is 0 Å². The van der Waals surface area contributed by atoms with Gasteiger partial charge in [-0.2, -0.15) is 0 Å². The van der Waals surface area contributed by atoms with Crippen LogP contribution in [0, 0.1) is 0 Å². The summed E-state index contributed by atoms with van der Waals surface area (Å²) in [4.78, 5) is 14.4. The van der Waals surface area contributed by atoms with Crippen LogP contribution in [0.4, 0.5) is 0 Å². The van der Waals surface area contributed by atoms with Gasteiger partial charge in [-0.3, -0.25) is 4.79 Å². The molecule has 1 aromatic rings. The largest absolute Gasteiger partial charge is 0.336 e. The summed E-state index contributed by atoms with van der Waals surface area (Å²) in [6, 6.07) is 10.4. The number of amides is 1. The van der Waals surface area contributed by atoms with Gasteiger partial charge in [-0.25, -0.2) is 0 Å². The monoisotopic (exact) mass is 243 g/mol. The zero-order chi connectivity index (χ0) is 13.0. The molecular formula is C16H21NO. The standard InChI is InChI=1S/C16H21NO/c1-13(12-15-9-4-3-5-10-15)16(18)17-11-7-6-8-14(17)2/h3-5,9-10,12,14H,6-8,11H2,1-2H3. The first-order chi connectivity index (χ1) is 8.68. The van der Waals surface area contributed by atoms with Crippen molar-refractivity contribution in [2.45, 2.75) is 39.2 Å². The highest BCUT2D eigenvalue weighted by atomic mass is 16.2. The van der Waals surface area contributed by atoms with Crippen LogP contribution in [0.3, 0.4) is 0 Å². The third-order valence-electron chi connectivity index (χ3n) is 3.58. The number of nitrogens with zero attached hydrogens (tertiary/aromatic N) is 1. The van der Waals surface area contributed by atoms with E-state index in [4.69, 9.17) is 0 Å². The van der Waals surface area contributed by atoms with Crippen LogP contribution in [0.15, 0.2) is 35.9 Å². The molecule has 1 heterocycles. The Balaban J connectivity index is 2.11. The van der Waals surface area contributed by atoms with Gasteiger partial charge >= 0.3 is 0 Å². The molecule has 96 valence electrons. The van der Waals surface area contributed by atoms with Crippen LogP contribution in [0.1, 0.15) is 38.7 Å². The van der Waals surface area contributed by atoms with Gasteiger partial charge in [0.05, 0.1) is 0 Å². The zero-order valence-electron chi connectivity index (χ0n) is 11.2. The Bertz CT molecular complexity index is 436. The molecule has 1 aliphatic heterocycles. The predicted molar refractivity (Wildman–Crippen MR) is 75.1 cm³/mol. The topological polar surface area (TPSA) is 20.3 Å². The Morgan fingerprint density at radius 1 is 1.28 bits per heavy atom. The van der Waals surface area contributed by atoms with Crippen molar-refractivity contribution in [2.75, 3.05) is 6.54 Å². The van der Waals surface area contributed by atoms with Crippen molar-refractivity contribution in [2.24, 2.45) is 0 Å². The molecule has 0 aliphatic carbocycles. The smallest absolute Gasteiger partial charge is 0.249 e. The maximum atomic E-state index is 12.4. The minimum absolute atomic E-state index is 0.186. The van der Waals surface area contributed by atoms with Gasteiger partial charge in [-0.05, 0) is 44.7 Å².